The highest BCUT2D eigenvalue weighted by atomic mass is 32.2. The minimum absolute atomic E-state index is 0.0616. The highest BCUT2D eigenvalue weighted by molar-refractivity contribution is 7.99. The normalized spacial score (nSPS) is 13.9. The van der Waals surface area contributed by atoms with Gasteiger partial charge < -0.3 is 4.90 Å². The van der Waals surface area contributed by atoms with Crippen LogP contribution in [0.2, 0.25) is 0 Å². The second-order valence-electron chi connectivity index (χ2n) is 7.62. The van der Waals surface area contributed by atoms with Crippen LogP contribution in [0.1, 0.15) is 17.5 Å². The number of amides is 1. The average Bonchev–Trinajstić information content (AvgIpc) is 3.24. The summed E-state index contributed by atoms with van der Waals surface area (Å²) < 4.78 is 27.8. The molecular weight excluding hydrogens is 448 g/mol. The van der Waals surface area contributed by atoms with Crippen LogP contribution in [0.15, 0.2) is 58.6 Å². The predicted molar refractivity (Wildman–Crippen MR) is 122 cm³/mol. The Morgan fingerprint density at radius 3 is 2.69 bits per heavy atom. The summed E-state index contributed by atoms with van der Waals surface area (Å²) in [6.45, 7) is 1.13. The number of benzene rings is 2. The number of carbonyl (C=O) groups excluding carboxylic acids is 1. The Hall–Kier alpha value is -2.76. The van der Waals surface area contributed by atoms with Gasteiger partial charge in [0.1, 0.15) is 0 Å². The molecule has 0 unspecified atom stereocenters. The van der Waals surface area contributed by atoms with Gasteiger partial charge in [-0.15, -0.1) is 5.10 Å². The lowest BCUT2D eigenvalue weighted by Crippen LogP contribution is -2.37. The van der Waals surface area contributed by atoms with E-state index in [0.29, 0.717) is 18.2 Å². The van der Waals surface area contributed by atoms with Crippen LogP contribution in [0.3, 0.4) is 0 Å². The zero-order chi connectivity index (χ0) is 22.7. The van der Waals surface area contributed by atoms with Crippen molar-refractivity contribution in [2.75, 3.05) is 31.3 Å². The average molecular weight is 473 g/mol. The number of rotatable bonds is 7. The molecule has 2 aromatic carbocycles. The van der Waals surface area contributed by atoms with Crippen LogP contribution in [-0.4, -0.2) is 65.2 Å². The molecule has 1 amide bonds. The van der Waals surface area contributed by atoms with Gasteiger partial charge in [0.25, 0.3) is 0 Å². The predicted octanol–water partition coefficient (Wildman–Crippen LogP) is 2.04. The van der Waals surface area contributed by atoms with Gasteiger partial charge in [-0.2, -0.15) is 0 Å². The number of anilines is 1. The Balaban J connectivity index is 1.46. The lowest BCUT2D eigenvalue weighted by molar-refractivity contribution is -0.116. The number of tetrazole rings is 1. The zero-order valence-corrected chi connectivity index (χ0v) is 19.5. The fraction of sp³-hybridized carbons (Fsp3) is 0.333. The Morgan fingerprint density at radius 1 is 1.16 bits per heavy atom. The van der Waals surface area contributed by atoms with Crippen LogP contribution in [0.5, 0.6) is 0 Å². The molecule has 0 radical (unpaired) electrons. The summed E-state index contributed by atoms with van der Waals surface area (Å²) in [5, 5.41) is 12.4. The lowest BCUT2D eigenvalue weighted by atomic mass is 10.0. The Morgan fingerprint density at radius 2 is 1.94 bits per heavy atom. The number of nitrogens with zero attached hydrogens (tertiary/aromatic N) is 6. The molecule has 168 valence electrons. The van der Waals surface area contributed by atoms with Gasteiger partial charge in [-0.05, 0) is 52.6 Å². The third-order valence-electron chi connectivity index (χ3n) is 5.25. The molecule has 32 heavy (non-hydrogen) atoms. The van der Waals surface area contributed by atoms with Gasteiger partial charge in [-0.25, -0.2) is 17.4 Å². The number of carbonyl (C=O) groups is 1. The monoisotopic (exact) mass is 472 g/mol. The Bertz CT molecular complexity index is 1210. The Kier molecular flexibility index (Phi) is 6.58. The Labute approximate surface area is 191 Å². The summed E-state index contributed by atoms with van der Waals surface area (Å²) in [4.78, 5) is 15.0. The van der Waals surface area contributed by atoms with Crippen LogP contribution in [0, 0.1) is 0 Å². The van der Waals surface area contributed by atoms with Crippen LogP contribution in [0.4, 0.5) is 5.69 Å². The molecule has 1 aliphatic heterocycles. The smallest absolute Gasteiger partial charge is 0.242 e. The summed E-state index contributed by atoms with van der Waals surface area (Å²) in [6, 6.07) is 14.8. The van der Waals surface area contributed by atoms with E-state index in [1.54, 1.807) is 27.8 Å². The van der Waals surface area contributed by atoms with Crippen molar-refractivity contribution in [1.29, 1.82) is 0 Å². The molecule has 0 N–H and O–H groups in total. The number of hydrogen-bond acceptors (Lipinski definition) is 7. The van der Waals surface area contributed by atoms with Crippen LogP contribution in [-0.2, 0) is 27.8 Å². The fourth-order valence-electron chi connectivity index (χ4n) is 3.56. The summed E-state index contributed by atoms with van der Waals surface area (Å²) in [5.41, 5.74) is 2.70. The third kappa shape index (κ3) is 4.69. The van der Waals surface area contributed by atoms with Crippen LogP contribution >= 0.6 is 11.8 Å². The van der Waals surface area contributed by atoms with Crippen molar-refractivity contribution in [1.82, 2.24) is 24.5 Å². The van der Waals surface area contributed by atoms with Crippen molar-refractivity contribution < 1.29 is 13.2 Å². The maximum Gasteiger partial charge on any atom is 0.242 e. The topological polar surface area (TPSA) is 101 Å². The molecule has 4 rings (SSSR count). The first-order valence-corrected chi connectivity index (χ1v) is 12.6. The molecule has 3 aromatic rings. The maximum atomic E-state index is 13.0. The highest BCUT2D eigenvalue weighted by Gasteiger charge is 2.26. The minimum Gasteiger partial charge on any atom is -0.311 e. The first-order chi connectivity index (χ1) is 15.4. The molecule has 0 spiro atoms. The number of fused-ring (bicyclic) bond motifs is 1. The van der Waals surface area contributed by atoms with E-state index in [1.165, 1.54) is 30.2 Å². The molecule has 1 aromatic heterocycles. The first-order valence-electron chi connectivity index (χ1n) is 10.1. The van der Waals surface area contributed by atoms with Crippen molar-refractivity contribution in [3.63, 3.8) is 0 Å². The molecule has 0 saturated heterocycles. The largest absolute Gasteiger partial charge is 0.311 e. The summed E-state index contributed by atoms with van der Waals surface area (Å²) in [5.74, 6) is 0.125. The molecule has 2 heterocycles. The molecule has 0 aliphatic carbocycles. The van der Waals surface area contributed by atoms with Crippen molar-refractivity contribution in [3.8, 4) is 0 Å². The maximum absolute atomic E-state index is 13.0. The number of thioether (sulfide) groups is 1. The van der Waals surface area contributed by atoms with Crippen molar-refractivity contribution in [2.45, 2.75) is 29.4 Å². The standard InChI is InChI=1S/C21H24N6O3S2/c1-25(2)32(29,30)18-10-11-19-17(13-18)9-6-12-26(19)20(28)15-31-21-22-23-24-27(21)14-16-7-4-3-5-8-16/h3-5,7-8,10-11,13H,6,9,12,14-15H2,1-2H3. The minimum atomic E-state index is -3.52. The van der Waals surface area contributed by atoms with Gasteiger partial charge in [0.15, 0.2) is 0 Å². The van der Waals surface area contributed by atoms with Crippen molar-refractivity contribution in [3.05, 3.63) is 59.7 Å². The van der Waals surface area contributed by atoms with Crippen LogP contribution in [0.25, 0.3) is 0 Å². The van der Waals surface area contributed by atoms with E-state index in [2.05, 4.69) is 15.5 Å². The number of hydrogen-bond donors (Lipinski definition) is 0. The number of aryl methyl sites for hydroxylation is 1. The van der Waals surface area contributed by atoms with E-state index in [9.17, 15) is 13.2 Å². The van der Waals surface area contributed by atoms with Gasteiger partial charge >= 0.3 is 0 Å². The van der Waals surface area contributed by atoms with Gasteiger partial charge in [0.2, 0.25) is 21.1 Å². The van der Waals surface area contributed by atoms with Gasteiger partial charge in [-0.3, -0.25) is 4.79 Å². The SMILES string of the molecule is CN(C)S(=O)(=O)c1ccc2c(c1)CCCN2C(=O)CSc1nnnn1Cc1ccccc1. The lowest BCUT2D eigenvalue weighted by Gasteiger charge is -2.30. The molecular formula is C21H24N6O3S2. The highest BCUT2D eigenvalue weighted by Crippen LogP contribution is 2.31. The van der Waals surface area contributed by atoms with E-state index >= 15 is 0 Å². The quantitative estimate of drug-likeness (QED) is 0.485. The number of aromatic nitrogens is 4. The molecule has 0 atom stereocenters. The second kappa shape index (κ2) is 9.39. The summed E-state index contributed by atoms with van der Waals surface area (Å²) >= 11 is 1.29. The van der Waals surface area contributed by atoms with Crippen LogP contribution < -0.4 is 4.90 Å². The molecule has 11 heteroatoms. The van der Waals surface area contributed by atoms with Gasteiger partial charge in [0, 0.05) is 26.3 Å². The van der Waals surface area contributed by atoms with E-state index < -0.39 is 10.0 Å². The molecule has 0 bridgehead atoms. The van der Waals surface area contributed by atoms with Crippen molar-refractivity contribution in [2.24, 2.45) is 0 Å². The van der Waals surface area contributed by atoms with E-state index in [1.807, 2.05) is 30.3 Å². The van der Waals surface area contributed by atoms with Crippen molar-refractivity contribution >= 4 is 33.4 Å². The molecule has 0 saturated carbocycles. The van der Waals surface area contributed by atoms with E-state index in [0.717, 1.165) is 29.7 Å². The fourth-order valence-corrected chi connectivity index (χ4v) is 5.27. The first kappa shape index (κ1) is 22.4. The zero-order valence-electron chi connectivity index (χ0n) is 17.9. The third-order valence-corrected chi connectivity index (χ3v) is 8.00. The second-order valence-corrected chi connectivity index (χ2v) is 10.7. The summed E-state index contributed by atoms with van der Waals surface area (Å²) in [6.07, 6.45) is 1.51. The molecule has 0 fully saturated rings. The van der Waals surface area contributed by atoms with Gasteiger partial charge in [-0.1, -0.05) is 42.1 Å². The molecule has 9 nitrogen and oxygen atoms in total. The summed E-state index contributed by atoms with van der Waals surface area (Å²) in [7, 11) is -0.503. The van der Waals surface area contributed by atoms with Gasteiger partial charge in [0.05, 0.1) is 17.2 Å². The van der Waals surface area contributed by atoms with E-state index in [4.69, 9.17) is 0 Å². The number of sulfonamides is 1. The van der Waals surface area contributed by atoms with E-state index in [-0.39, 0.29) is 16.6 Å². The molecule has 1 aliphatic rings.